The fourth-order valence-electron chi connectivity index (χ4n) is 1.83. The molecule has 2 aromatic rings. The molecule has 1 aliphatic heterocycles. The number of rotatable bonds is 1. The molecule has 0 bridgehead atoms. The van der Waals surface area contributed by atoms with E-state index in [4.69, 9.17) is 4.42 Å². The van der Waals surface area contributed by atoms with Gasteiger partial charge in [0.1, 0.15) is 0 Å². The molecule has 4 heteroatoms. The third kappa shape index (κ3) is 1.19. The molecule has 4 nitrogen and oxygen atoms in total. The first-order valence-corrected chi connectivity index (χ1v) is 4.85. The molecule has 1 atom stereocenters. The smallest absolute Gasteiger partial charge is 0.201 e. The highest BCUT2D eigenvalue weighted by atomic mass is 16.3. The number of aromatic nitrogens is 2. The second-order valence-electron chi connectivity index (χ2n) is 3.57. The SMILES string of the molecule is c1cnc2nc(C3CCNC3)oc2c1. The summed E-state index contributed by atoms with van der Waals surface area (Å²) in [4.78, 5) is 8.52. The van der Waals surface area contributed by atoms with Crippen molar-refractivity contribution in [3.63, 3.8) is 0 Å². The fraction of sp³-hybridized carbons (Fsp3) is 0.400. The largest absolute Gasteiger partial charge is 0.439 e. The molecular weight excluding hydrogens is 178 g/mol. The van der Waals surface area contributed by atoms with Crippen molar-refractivity contribution >= 4 is 11.2 Å². The van der Waals surface area contributed by atoms with E-state index in [-0.39, 0.29) is 0 Å². The standard InChI is InChI=1S/C10H11N3O/c1-2-8-9(12-4-1)13-10(14-8)7-3-5-11-6-7/h1-2,4,7,11H,3,5-6H2. The Labute approximate surface area is 81.4 Å². The number of hydrogen-bond donors (Lipinski definition) is 1. The molecule has 0 saturated carbocycles. The van der Waals surface area contributed by atoms with Gasteiger partial charge in [-0.2, -0.15) is 4.98 Å². The summed E-state index contributed by atoms with van der Waals surface area (Å²) >= 11 is 0. The molecule has 1 aliphatic rings. The van der Waals surface area contributed by atoms with Crippen LogP contribution in [0.3, 0.4) is 0 Å². The van der Waals surface area contributed by atoms with Gasteiger partial charge >= 0.3 is 0 Å². The van der Waals surface area contributed by atoms with E-state index in [9.17, 15) is 0 Å². The Morgan fingerprint density at radius 2 is 2.50 bits per heavy atom. The van der Waals surface area contributed by atoms with Gasteiger partial charge in [-0.1, -0.05) is 0 Å². The third-order valence-corrected chi connectivity index (χ3v) is 2.59. The van der Waals surface area contributed by atoms with Crippen LogP contribution in [0.1, 0.15) is 18.2 Å². The van der Waals surface area contributed by atoms with Gasteiger partial charge in [-0.05, 0) is 25.1 Å². The quantitative estimate of drug-likeness (QED) is 0.734. The molecule has 2 aromatic heterocycles. The molecular formula is C10H11N3O. The molecule has 3 heterocycles. The zero-order valence-electron chi connectivity index (χ0n) is 7.73. The lowest BCUT2D eigenvalue weighted by molar-refractivity contribution is 0.485. The van der Waals surface area contributed by atoms with Gasteiger partial charge in [0.05, 0.1) is 0 Å². The number of hydrogen-bond acceptors (Lipinski definition) is 4. The van der Waals surface area contributed by atoms with Crippen molar-refractivity contribution in [3.8, 4) is 0 Å². The van der Waals surface area contributed by atoms with Crippen molar-refractivity contribution in [2.45, 2.75) is 12.3 Å². The van der Waals surface area contributed by atoms with Crippen LogP contribution in [-0.2, 0) is 0 Å². The van der Waals surface area contributed by atoms with Crippen molar-refractivity contribution < 1.29 is 4.42 Å². The van der Waals surface area contributed by atoms with Crippen LogP contribution >= 0.6 is 0 Å². The predicted octanol–water partition coefficient (Wildman–Crippen LogP) is 1.30. The maximum absolute atomic E-state index is 5.64. The summed E-state index contributed by atoms with van der Waals surface area (Å²) in [6, 6.07) is 3.77. The molecule has 1 unspecified atom stereocenters. The number of nitrogens with zero attached hydrogens (tertiary/aromatic N) is 2. The van der Waals surface area contributed by atoms with Crippen molar-refractivity contribution in [3.05, 3.63) is 24.2 Å². The maximum atomic E-state index is 5.64. The molecule has 0 radical (unpaired) electrons. The first kappa shape index (κ1) is 7.94. The fourth-order valence-corrected chi connectivity index (χ4v) is 1.83. The highest BCUT2D eigenvalue weighted by Crippen LogP contribution is 2.24. The number of nitrogens with one attached hydrogen (secondary N) is 1. The maximum Gasteiger partial charge on any atom is 0.201 e. The minimum atomic E-state index is 0.421. The van der Waals surface area contributed by atoms with E-state index in [0.29, 0.717) is 5.92 Å². The average molecular weight is 189 g/mol. The van der Waals surface area contributed by atoms with E-state index in [2.05, 4.69) is 15.3 Å². The highest BCUT2D eigenvalue weighted by Gasteiger charge is 2.21. The summed E-state index contributed by atoms with van der Waals surface area (Å²) in [6.07, 6.45) is 2.84. The van der Waals surface area contributed by atoms with Crippen molar-refractivity contribution in [1.29, 1.82) is 0 Å². The van der Waals surface area contributed by atoms with E-state index < -0.39 is 0 Å². The van der Waals surface area contributed by atoms with Gasteiger partial charge in [-0.15, -0.1) is 0 Å². The summed E-state index contributed by atoms with van der Waals surface area (Å²) in [5.41, 5.74) is 1.50. The van der Waals surface area contributed by atoms with Gasteiger partial charge in [0.25, 0.3) is 0 Å². The molecule has 0 amide bonds. The van der Waals surface area contributed by atoms with Gasteiger partial charge in [0.2, 0.25) is 5.89 Å². The minimum Gasteiger partial charge on any atom is -0.439 e. The number of oxazole rings is 1. The zero-order valence-corrected chi connectivity index (χ0v) is 7.73. The monoisotopic (exact) mass is 189 g/mol. The third-order valence-electron chi connectivity index (χ3n) is 2.59. The number of pyridine rings is 1. The molecule has 1 N–H and O–H groups in total. The molecule has 0 spiro atoms. The van der Waals surface area contributed by atoms with Crippen LogP contribution in [0.25, 0.3) is 11.2 Å². The van der Waals surface area contributed by atoms with Crippen molar-refractivity contribution in [1.82, 2.24) is 15.3 Å². The van der Waals surface area contributed by atoms with Gasteiger partial charge in [0.15, 0.2) is 11.2 Å². The van der Waals surface area contributed by atoms with E-state index in [1.165, 1.54) is 0 Å². The van der Waals surface area contributed by atoms with Crippen LogP contribution in [0.2, 0.25) is 0 Å². The van der Waals surface area contributed by atoms with E-state index >= 15 is 0 Å². The van der Waals surface area contributed by atoms with Crippen LogP contribution in [-0.4, -0.2) is 23.1 Å². The van der Waals surface area contributed by atoms with E-state index in [1.54, 1.807) is 6.20 Å². The van der Waals surface area contributed by atoms with Crippen LogP contribution in [0.15, 0.2) is 22.7 Å². The summed E-state index contributed by atoms with van der Waals surface area (Å²) < 4.78 is 5.64. The molecule has 72 valence electrons. The lowest BCUT2D eigenvalue weighted by Gasteiger charge is -1.99. The Morgan fingerprint density at radius 3 is 3.29 bits per heavy atom. The first-order chi connectivity index (χ1) is 6.93. The van der Waals surface area contributed by atoms with Crippen LogP contribution in [0.4, 0.5) is 0 Å². The summed E-state index contributed by atoms with van der Waals surface area (Å²) in [7, 11) is 0. The summed E-state index contributed by atoms with van der Waals surface area (Å²) in [5.74, 6) is 1.24. The van der Waals surface area contributed by atoms with Crippen LogP contribution < -0.4 is 5.32 Å². The van der Waals surface area contributed by atoms with E-state index in [1.807, 2.05) is 12.1 Å². The molecule has 0 aromatic carbocycles. The van der Waals surface area contributed by atoms with Crippen LogP contribution in [0.5, 0.6) is 0 Å². The second-order valence-corrected chi connectivity index (χ2v) is 3.57. The zero-order chi connectivity index (χ0) is 9.38. The Bertz CT molecular complexity index is 412. The Balaban J connectivity index is 2.05. The number of fused-ring (bicyclic) bond motifs is 1. The Hall–Kier alpha value is -1.42. The Morgan fingerprint density at radius 1 is 1.50 bits per heavy atom. The summed E-state index contributed by atoms with van der Waals surface area (Å²) in [6.45, 7) is 2.02. The molecule has 3 rings (SSSR count). The minimum absolute atomic E-state index is 0.421. The van der Waals surface area contributed by atoms with E-state index in [0.717, 1.165) is 36.6 Å². The van der Waals surface area contributed by atoms with Crippen LogP contribution in [0, 0.1) is 0 Å². The topological polar surface area (TPSA) is 51.0 Å². The molecule has 0 aliphatic carbocycles. The van der Waals surface area contributed by atoms with Crippen molar-refractivity contribution in [2.75, 3.05) is 13.1 Å². The lowest BCUT2D eigenvalue weighted by atomic mass is 10.1. The predicted molar refractivity (Wildman–Crippen MR) is 52.0 cm³/mol. The van der Waals surface area contributed by atoms with Gasteiger partial charge in [-0.25, -0.2) is 4.98 Å². The lowest BCUT2D eigenvalue weighted by Crippen LogP contribution is -2.07. The van der Waals surface area contributed by atoms with Crippen molar-refractivity contribution in [2.24, 2.45) is 0 Å². The first-order valence-electron chi connectivity index (χ1n) is 4.85. The van der Waals surface area contributed by atoms with Gasteiger partial charge in [-0.3, -0.25) is 0 Å². The molecule has 14 heavy (non-hydrogen) atoms. The highest BCUT2D eigenvalue weighted by molar-refractivity contribution is 5.67. The summed E-state index contributed by atoms with van der Waals surface area (Å²) in [5, 5.41) is 3.29. The van der Waals surface area contributed by atoms with Gasteiger partial charge < -0.3 is 9.73 Å². The average Bonchev–Trinajstić information content (AvgIpc) is 2.86. The molecule has 1 saturated heterocycles. The second kappa shape index (κ2) is 3.06. The molecule has 1 fully saturated rings. The normalized spacial score (nSPS) is 21.9. The Kier molecular flexibility index (Phi) is 1.73. The van der Waals surface area contributed by atoms with Gasteiger partial charge in [0, 0.05) is 18.7 Å².